The lowest BCUT2D eigenvalue weighted by Gasteiger charge is -2.40. The summed E-state index contributed by atoms with van der Waals surface area (Å²) >= 11 is 0. The van der Waals surface area contributed by atoms with Crippen molar-refractivity contribution in [2.45, 2.75) is 52.6 Å². The maximum absolute atomic E-state index is 13.8. The van der Waals surface area contributed by atoms with Crippen molar-refractivity contribution in [2.24, 2.45) is 0 Å². The van der Waals surface area contributed by atoms with Crippen molar-refractivity contribution >= 4 is 70.9 Å². The van der Waals surface area contributed by atoms with E-state index in [1.54, 1.807) is 0 Å². The summed E-state index contributed by atoms with van der Waals surface area (Å²) in [4.78, 5) is 25.4. The zero-order valence-electron chi connectivity index (χ0n) is 37.3. The van der Waals surface area contributed by atoms with Gasteiger partial charge in [0.05, 0.1) is 14.0 Å². The first kappa shape index (κ1) is 51.0. The molecule has 0 saturated heterocycles. The maximum Gasteiger partial charge on any atom is 0.285 e. The van der Waals surface area contributed by atoms with Crippen LogP contribution in [0, 0.1) is 0 Å². The summed E-state index contributed by atoms with van der Waals surface area (Å²) in [5.41, 5.74) is 0.672. The fourth-order valence-electron chi connectivity index (χ4n) is 9.62. The number of benzene rings is 9. The molecule has 1 saturated carbocycles. The van der Waals surface area contributed by atoms with Gasteiger partial charge in [-0.05, 0) is 89.8 Å². The van der Waals surface area contributed by atoms with E-state index in [2.05, 4.69) is 72.8 Å². The average Bonchev–Trinajstić information content (AvgIpc) is 3.42. The number of rotatable bonds is 10. The summed E-state index contributed by atoms with van der Waals surface area (Å²) in [7, 11) is -7.77. The normalized spacial score (nSPS) is 12.6. The average molecular weight is 945 g/mol. The minimum atomic E-state index is -3.13. The van der Waals surface area contributed by atoms with Crippen LogP contribution in [-0.2, 0) is 0 Å². The first-order valence-corrected chi connectivity index (χ1v) is 28.7. The second-order valence-electron chi connectivity index (χ2n) is 16.8. The Morgan fingerprint density at radius 1 is 0.338 bits per heavy atom. The maximum atomic E-state index is 13.8. The Bertz CT molecular complexity index is 2420. The van der Waals surface area contributed by atoms with E-state index < -0.39 is 23.9 Å². The van der Waals surface area contributed by atoms with E-state index in [0.29, 0.717) is 11.4 Å². The Labute approximate surface area is 408 Å². The molecule has 68 heavy (non-hydrogen) atoms. The number of phenols is 1. The van der Waals surface area contributed by atoms with Crippen molar-refractivity contribution in [3.63, 3.8) is 0 Å². The fraction of sp³-hybridized carbons (Fsp3) is 0.129. The molecular weight excluding hydrogens is 880 g/mol. The Morgan fingerprint density at radius 3 is 0.882 bits per heavy atom. The molecular formula is C62H65O3PSi2. The highest BCUT2D eigenvalue weighted by Gasteiger charge is 2.52. The van der Waals surface area contributed by atoms with E-state index in [-0.39, 0.29) is 14.9 Å². The van der Waals surface area contributed by atoms with E-state index in [4.69, 9.17) is 0 Å². The lowest BCUT2D eigenvalue weighted by Crippen LogP contribution is -2.76. The van der Waals surface area contributed by atoms with Crippen LogP contribution in [0.5, 0.6) is 5.75 Å². The molecule has 1 aliphatic carbocycles. The number of hydrogen-bond donors (Lipinski definition) is 2. The molecule has 1 fully saturated rings. The summed E-state index contributed by atoms with van der Waals surface area (Å²) in [6, 6.07) is 89.5. The summed E-state index contributed by atoms with van der Waals surface area (Å²) in [5.74, 6) is 0.344. The topological polar surface area (TPSA) is 63.5 Å². The van der Waals surface area contributed by atoms with Crippen molar-refractivity contribution in [2.75, 3.05) is 0 Å². The van der Waals surface area contributed by atoms with Gasteiger partial charge < -0.3 is 14.7 Å². The summed E-state index contributed by atoms with van der Waals surface area (Å²) in [6.45, 7) is 0. The quantitative estimate of drug-likeness (QED) is 0.0819. The van der Waals surface area contributed by atoms with Crippen LogP contribution in [0.15, 0.2) is 267 Å². The second kappa shape index (κ2) is 24.5. The van der Waals surface area contributed by atoms with Gasteiger partial charge in [0.25, 0.3) is 8.32 Å². The Kier molecular flexibility index (Phi) is 18.4. The molecule has 0 heterocycles. The molecule has 2 N–H and O–H groups in total. The zero-order chi connectivity index (χ0) is 45.5. The van der Waals surface area contributed by atoms with E-state index >= 15 is 0 Å². The van der Waals surface area contributed by atoms with Gasteiger partial charge in [-0.15, -0.1) is 0 Å². The highest BCUT2D eigenvalue weighted by molar-refractivity contribution is 7.96. The predicted octanol–water partition coefficient (Wildman–Crippen LogP) is 8.95. The van der Waals surface area contributed by atoms with Gasteiger partial charge in [-0.1, -0.05) is 255 Å². The Hall–Kier alpha value is -6.44. The monoisotopic (exact) mass is 944 g/mol. The van der Waals surface area contributed by atoms with Gasteiger partial charge in [0.2, 0.25) is 0 Å². The van der Waals surface area contributed by atoms with Gasteiger partial charge in [0.15, 0.2) is 0 Å². The van der Waals surface area contributed by atoms with Crippen LogP contribution in [0.4, 0.5) is 0 Å². The van der Waals surface area contributed by atoms with Gasteiger partial charge in [-0.3, -0.25) is 0 Å². The van der Waals surface area contributed by atoms with Crippen molar-refractivity contribution in [3.8, 4) is 5.75 Å². The largest absolute Gasteiger partial charge is 0.848 e. The highest BCUT2D eigenvalue weighted by atomic mass is 31.2. The molecule has 0 bridgehead atoms. The van der Waals surface area contributed by atoms with Gasteiger partial charge in [-0.2, -0.15) is 0 Å². The van der Waals surface area contributed by atoms with Crippen molar-refractivity contribution in [1.82, 2.24) is 0 Å². The Morgan fingerprint density at radius 2 is 0.588 bits per heavy atom. The van der Waals surface area contributed by atoms with E-state index in [1.807, 2.05) is 194 Å². The molecule has 0 unspecified atom stereocenters. The molecule has 1 aliphatic rings. The van der Waals surface area contributed by atoms with Crippen LogP contribution in [-0.4, -0.2) is 32.2 Å². The fourth-order valence-corrected chi connectivity index (χ4v) is 20.8. The van der Waals surface area contributed by atoms with E-state index in [0.717, 1.165) is 31.1 Å². The molecule has 0 atom stereocenters. The summed E-state index contributed by atoms with van der Waals surface area (Å²) in [6.07, 6.45) is 6.58. The summed E-state index contributed by atoms with van der Waals surface area (Å²) in [5, 5.41) is 19.9. The lowest BCUT2D eigenvalue weighted by molar-refractivity contribution is -0.193. The first-order valence-electron chi connectivity index (χ1n) is 23.0. The highest BCUT2D eigenvalue weighted by Crippen LogP contribution is 2.63. The molecule has 9 aromatic rings. The zero-order valence-corrected chi connectivity index (χ0v) is 40.2. The van der Waals surface area contributed by atoms with Crippen LogP contribution in [0.25, 0.3) is 0 Å². The van der Waals surface area contributed by atoms with E-state index in [9.17, 15) is 14.7 Å². The third-order valence-electron chi connectivity index (χ3n) is 12.8. The van der Waals surface area contributed by atoms with E-state index in [1.165, 1.54) is 48.0 Å². The van der Waals surface area contributed by atoms with Crippen LogP contribution < -0.4 is 51.8 Å². The molecule has 10 rings (SSSR count). The van der Waals surface area contributed by atoms with Crippen LogP contribution in [0.3, 0.4) is 0 Å². The van der Waals surface area contributed by atoms with Crippen molar-refractivity contribution < 1.29 is 14.7 Å². The molecule has 0 amide bonds. The molecule has 6 heteroatoms. The molecule has 344 valence electrons. The number of phenolic OH excluding ortho intramolecular Hbond substituents is 1. The number of aromatic hydroxyl groups is 1. The second-order valence-corrected chi connectivity index (χ2v) is 26.8. The smallest absolute Gasteiger partial charge is 0.285 e. The minimum absolute atomic E-state index is 0. The van der Waals surface area contributed by atoms with Crippen molar-refractivity contribution in [3.05, 3.63) is 267 Å². The van der Waals surface area contributed by atoms with Crippen molar-refractivity contribution in [1.29, 1.82) is 0 Å². The number of hydrogen-bond acceptors (Lipinski definition) is 3. The van der Waals surface area contributed by atoms with Gasteiger partial charge in [0.1, 0.15) is 28.9 Å². The molecule has 0 aromatic heterocycles. The third-order valence-corrected chi connectivity index (χ3v) is 24.7. The SMILES string of the molecule is C.C.O[Si](c1ccccc1)(c1ccccc1)c1ccccc1.Oc1ccc([P+](c2ccccc2)(c2ccccc2)C2CCCCC2)cc1.[O-][Si](c1ccccc1)(c1ccccc1)c1ccccc1. The molecule has 0 radical (unpaired) electrons. The third kappa shape index (κ3) is 11.1. The predicted molar refractivity (Wildman–Crippen MR) is 297 cm³/mol. The van der Waals surface area contributed by atoms with Crippen LogP contribution in [0.2, 0.25) is 0 Å². The van der Waals surface area contributed by atoms with Crippen LogP contribution >= 0.6 is 7.26 Å². The molecule has 3 nitrogen and oxygen atoms in total. The van der Waals surface area contributed by atoms with Gasteiger partial charge in [-0.25, -0.2) is 0 Å². The summed E-state index contributed by atoms with van der Waals surface area (Å²) < 4.78 is 0. The lowest BCUT2D eigenvalue weighted by atomic mass is 10.0. The van der Waals surface area contributed by atoms with Gasteiger partial charge >= 0.3 is 0 Å². The molecule has 0 aliphatic heterocycles. The Balaban J connectivity index is 0.000000168. The molecule has 0 spiro atoms. The minimum Gasteiger partial charge on any atom is -0.848 e. The standard InChI is InChI=1S/C24H25OP.C18H16OSi.C18H15OSi.2CH4/c25-20-16-18-24(19-17-20)26(21-10-4-1-5-11-21,22-12-6-2-7-13-22)23-14-8-3-9-15-23;2*19-20(16-10-4-1-5-11-16,17-12-6-2-7-13-17)18-14-8-3-9-15-18;;/h1-2,4-7,10-13,16-19,23H,3,8-9,14-15H2;1-15,19H;1-15H;2*1H4/q;;-1;;/p+1. The first-order chi connectivity index (χ1) is 32.4. The van der Waals surface area contributed by atoms with Gasteiger partial charge in [0, 0.05) is 0 Å². The van der Waals surface area contributed by atoms with Crippen LogP contribution in [0.1, 0.15) is 47.0 Å². The molecule has 9 aromatic carbocycles.